The summed E-state index contributed by atoms with van der Waals surface area (Å²) in [6.07, 6.45) is 6.23. The second-order valence-electron chi connectivity index (χ2n) is 7.70. The standard InChI is InChI=1S/C28H28O5/c1-32-27(30)25-17-14-21(15-18-25)11-12-22(13-16-23-7-5-6-10-26(23)29)19-20-33-28(31)24-8-3-2-4-9-24/h2-10,13-18,22,29H,11-12,19-20H2,1H3/b16-13+. The van der Waals surface area contributed by atoms with E-state index in [4.69, 9.17) is 9.47 Å². The lowest BCUT2D eigenvalue weighted by Gasteiger charge is -2.14. The molecule has 0 aliphatic heterocycles. The highest BCUT2D eigenvalue weighted by Crippen LogP contribution is 2.22. The number of methoxy groups -OCH3 is 1. The maximum Gasteiger partial charge on any atom is 0.338 e. The van der Waals surface area contributed by atoms with Gasteiger partial charge in [0.25, 0.3) is 0 Å². The van der Waals surface area contributed by atoms with Gasteiger partial charge in [-0.25, -0.2) is 9.59 Å². The normalized spacial score (nSPS) is 11.8. The van der Waals surface area contributed by atoms with E-state index in [1.807, 2.05) is 42.5 Å². The Labute approximate surface area is 194 Å². The number of carbonyl (C=O) groups excluding carboxylic acids is 2. The molecule has 0 aromatic heterocycles. The highest BCUT2D eigenvalue weighted by atomic mass is 16.5. The Kier molecular flexibility index (Phi) is 8.83. The molecule has 1 N–H and O–H groups in total. The first-order valence-corrected chi connectivity index (χ1v) is 10.9. The van der Waals surface area contributed by atoms with E-state index in [1.54, 1.807) is 48.5 Å². The zero-order valence-corrected chi connectivity index (χ0v) is 18.6. The maximum absolute atomic E-state index is 12.2. The van der Waals surface area contributed by atoms with Crippen molar-refractivity contribution < 1.29 is 24.2 Å². The maximum atomic E-state index is 12.2. The molecule has 0 heterocycles. The fraction of sp³-hybridized carbons (Fsp3) is 0.214. The van der Waals surface area contributed by atoms with Gasteiger partial charge in [0.15, 0.2) is 0 Å². The molecule has 3 aromatic rings. The predicted molar refractivity (Wildman–Crippen MR) is 128 cm³/mol. The van der Waals surface area contributed by atoms with Crippen LogP contribution in [0.4, 0.5) is 0 Å². The Morgan fingerprint density at radius 3 is 2.21 bits per heavy atom. The van der Waals surface area contributed by atoms with Crippen molar-refractivity contribution in [1.29, 1.82) is 0 Å². The van der Waals surface area contributed by atoms with Crippen molar-refractivity contribution in [2.75, 3.05) is 13.7 Å². The number of phenolic OH excluding ortho intramolecular Hbond substituents is 1. The summed E-state index contributed by atoms with van der Waals surface area (Å²) in [7, 11) is 1.36. The third-order valence-corrected chi connectivity index (χ3v) is 5.39. The first-order chi connectivity index (χ1) is 16.1. The minimum atomic E-state index is -0.356. The van der Waals surface area contributed by atoms with Gasteiger partial charge in [-0.3, -0.25) is 0 Å². The van der Waals surface area contributed by atoms with E-state index in [-0.39, 0.29) is 23.6 Å². The zero-order valence-electron chi connectivity index (χ0n) is 18.6. The van der Waals surface area contributed by atoms with E-state index < -0.39 is 0 Å². The smallest absolute Gasteiger partial charge is 0.338 e. The Balaban J connectivity index is 1.62. The molecule has 5 heteroatoms. The van der Waals surface area contributed by atoms with Gasteiger partial charge in [-0.05, 0) is 61.1 Å². The summed E-state index contributed by atoms with van der Waals surface area (Å²) in [5, 5.41) is 10.0. The molecule has 1 atom stereocenters. The molecular formula is C28H28O5. The minimum Gasteiger partial charge on any atom is -0.507 e. The number of phenols is 1. The van der Waals surface area contributed by atoms with E-state index >= 15 is 0 Å². The van der Waals surface area contributed by atoms with Gasteiger partial charge >= 0.3 is 11.9 Å². The Morgan fingerprint density at radius 1 is 0.848 bits per heavy atom. The molecule has 0 aliphatic carbocycles. The van der Waals surface area contributed by atoms with Gasteiger partial charge in [-0.15, -0.1) is 0 Å². The number of ether oxygens (including phenoxy) is 2. The fourth-order valence-corrected chi connectivity index (χ4v) is 3.44. The number of hydrogen-bond acceptors (Lipinski definition) is 5. The molecule has 1 unspecified atom stereocenters. The summed E-state index contributed by atoms with van der Waals surface area (Å²) in [4.78, 5) is 23.9. The molecule has 0 radical (unpaired) electrons. The molecule has 0 fully saturated rings. The molecule has 170 valence electrons. The molecular weight excluding hydrogens is 416 g/mol. The average Bonchev–Trinajstić information content (AvgIpc) is 2.86. The van der Waals surface area contributed by atoms with E-state index in [0.717, 1.165) is 24.0 Å². The van der Waals surface area contributed by atoms with Crippen LogP contribution in [0, 0.1) is 5.92 Å². The number of rotatable bonds is 10. The Bertz CT molecular complexity index is 1070. The van der Waals surface area contributed by atoms with Crippen LogP contribution >= 0.6 is 0 Å². The number of aromatic hydroxyl groups is 1. The zero-order chi connectivity index (χ0) is 23.5. The van der Waals surface area contributed by atoms with Gasteiger partial charge in [0.1, 0.15) is 5.75 Å². The largest absolute Gasteiger partial charge is 0.507 e. The summed E-state index contributed by atoms with van der Waals surface area (Å²) in [5.74, 6) is -0.336. The number of benzene rings is 3. The van der Waals surface area contributed by atoms with E-state index in [2.05, 4.69) is 0 Å². The van der Waals surface area contributed by atoms with E-state index in [9.17, 15) is 14.7 Å². The molecule has 3 rings (SSSR count). The summed E-state index contributed by atoms with van der Waals surface area (Å²) < 4.78 is 10.2. The van der Waals surface area contributed by atoms with Gasteiger partial charge in [0.2, 0.25) is 0 Å². The monoisotopic (exact) mass is 444 g/mol. The topological polar surface area (TPSA) is 72.8 Å². The summed E-state index contributed by atoms with van der Waals surface area (Å²) in [6, 6.07) is 23.5. The van der Waals surface area contributed by atoms with Crippen LogP contribution < -0.4 is 0 Å². The van der Waals surface area contributed by atoms with Crippen LogP contribution in [-0.2, 0) is 15.9 Å². The van der Waals surface area contributed by atoms with Crippen molar-refractivity contribution >= 4 is 18.0 Å². The molecule has 0 saturated carbocycles. The quantitative estimate of drug-likeness (QED) is 0.407. The number of allylic oxidation sites excluding steroid dienone is 1. The number of carbonyl (C=O) groups is 2. The molecule has 0 aliphatic rings. The van der Waals surface area contributed by atoms with Crippen molar-refractivity contribution in [3.8, 4) is 5.75 Å². The molecule has 0 amide bonds. The van der Waals surface area contributed by atoms with Crippen molar-refractivity contribution in [3.63, 3.8) is 0 Å². The van der Waals surface area contributed by atoms with Crippen molar-refractivity contribution in [2.24, 2.45) is 5.92 Å². The molecule has 3 aromatic carbocycles. The number of hydrogen-bond donors (Lipinski definition) is 1. The predicted octanol–water partition coefficient (Wildman–Crippen LogP) is 5.69. The van der Waals surface area contributed by atoms with Crippen molar-refractivity contribution in [2.45, 2.75) is 19.3 Å². The third kappa shape index (κ3) is 7.35. The van der Waals surface area contributed by atoms with Crippen LogP contribution in [0.2, 0.25) is 0 Å². The lowest BCUT2D eigenvalue weighted by atomic mass is 9.95. The minimum absolute atomic E-state index is 0.133. The molecule has 5 nitrogen and oxygen atoms in total. The highest BCUT2D eigenvalue weighted by Gasteiger charge is 2.11. The van der Waals surface area contributed by atoms with Gasteiger partial charge in [-0.1, -0.05) is 60.7 Å². The van der Waals surface area contributed by atoms with Crippen LogP contribution in [0.3, 0.4) is 0 Å². The van der Waals surface area contributed by atoms with Crippen LogP contribution in [0.15, 0.2) is 84.9 Å². The first-order valence-electron chi connectivity index (χ1n) is 10.9. The molecule has 0 saturated heterocycles. The summed E-state index contributed by atoms with van der Waals surface area (Å²) in [5.41, 5.74) is 2.89. The Hall–Kier alpha value is -3.86. The van der Waals surface area contributed by atoms with Crippen LogP contribution in [0.1, 0.15) is 44.7 Å². The summed E-state index contributed by atoms with van der Waals surface area (Å²) in [6.45, 7) is 0.296. The molecule has 0 bridgehead atoms. The van der Waals surface area contributed by atoms with Gasteiger partial charge in [-0.2, -0.15) is 0 Å². The van der Waals surface area contributed by atoms with E-state index in [0.29, 0.717) is 24.2 Å². The fourth-order valence-electron chi connectivity index (χ4n) is 3.44. The van der Waals surface area contributed by atoms with Gasteiger partial charge in [0.05, 0.1) is 24.8 Å². The van der Waals surface area contributed by atoms with Crippen molar-refractivity contribution in [1.82, 2.24) is 0 Å². The lowest BCUT2D eigenvalue weighted by Crippen LogP contribution is -2.10. The summed E-state index contributed by atoms with van der Waals surface area (Å²) >= 11 is 0. The third-order valence-electron chi connectivity index (χ3n) is 5.39. The second kappa shape index (κ2) is 12.2. The number of para-hydroxylation sites is 1. The molecule has 0 spiro atoms. The number of esters is 2. The van der Waals surface area contributed by atoms with Crippen molar-refractivity contribution in [3.05, 3.63) is 107 Å². The average molecular weight is 445 g/mol. The Morgan fingerprint density at radius 2 is 1.52 bits per heavy atom. The molecule has 33 heavy (non-hydrogen) atoms. The van der Waals surface area contributed by atoms with E-state index in [1.165, 1.54) is 7.11 Å². The second-order valence-corrected chi connectivity index (χ2v) is 7.70. The van der Waals surface area contributed by atoms with Gasteiger partial charge in [0, 0.05) is 5.56 Å². The first kappa shape index (κ1) is 23.8. The number of aryl methyl sites for hydroxylation is 1. The highest BCUT2D eigenvalue weighted by molar-refractivity contribution is 5.89. The van der Waals surface area contributed by atoms with Crippen LogP contribution in [0.5, 0.6) is 5.75 Å². The SMILES string of the molecule is COC(=O)c1ccc(CCC(/C=C/c2ccccc2O)CCOC(=O)c2ccccc2)cc1. The van der Waals surface area contributed by atoms with Crippen LogP contribution in [-0.4, -0.2) is 30.8 Å². The van der Waals surface area contributed by atoms with Gasteiger partial charge < -0.3 is 14.6 Å². The lowest BCUT2D eigenvalue weighted by molar-refractivity contribution is 0.0487. The van der Waals surface area contributed by atoms with Crippen LogP contribution in [0.25, 0.3) is 6.08 Å².